The molecule has 1 fully saturated rings. The zero-order chi connectivity index (χ0) is 20.4. The van der Waals surface area contributed by atoms with Crippen molar-refractivity contribution in [1.29, 1.82) is 0 Å². The summed E-state index contributed by atoms with van der Waals surface area (Å²) in [6.07, 6.45) is 7.02. The minimum absolute atomic E-state index is 0.0430. The Morgan fingerprint density at radius 1 is 1.07 bits per heavy atom. The summed E-state index contributed by atoms with van der Waals surface area (Å²) in [6, 6.07) is 12.5. The highest BCUT2D eigenvalue weighted by Crippen LogP contribution is 2.40. The van der Waals surface area contributed by atoms with Crippen molar-refractivity contribution in [3.05, 3.63) is 64.5 Å². The maximum Gasteiger partial charge on any atom is 0.341 e. The molecular weight excluding hydrogens is 367 g/mol. The van der Waals surface area contributed by atoms with Gasteiger partial charge in [-0.25, -0.2) is 9.18 Å². The molecule has 29 heavy (non-hydrogen) atoms. The van der Waals surface area contributed by atoms with Crippen LogP contribution in [-0.4, -0.2) is 19.2 Å². The fourth-order valence-electron chi connectivity index (χ4n) is 4.93. The molecule has 1 unspecified atom stereocenters. The van der Waals surface area contributed by atoms with Gasteiger partial charge in [0.1, 0.15) is 11.7 Å². The van der Waals surface area contributed by atoms with Gasteiger partial charge in [0, 0.05) is 6.42 Å². The van der Waals surface area contributed by atoms with Gasteiger partial charge in [0.05, 0.1) is 7.11 Å². The lowest BCUT2D eigenvalue weighted by atomic mass is 9.75. The van der Waals surface area contributed by atoms with Crippen LogP contribution in [0.25, 0.3) is 0 Å². The molecule has 154 valence electrons. The number of esters is 1. The van der Waals surface area contributed by atoms with E-state index in [2.05, 4.69) is 31.2 Å². The Balaban J connectivity index is 1.40. The number of aryl methyl sites for hydroxylation is 1. The van der Waals surface area contributed by atoms with Crippen LogP contribution in [-0.2, 0) is 17.6 Å². The average Bonchev–Trinajstić information content (AvgIpc) is 2.74. The number of halogens is 1. The summed E-state index contributed by atoms with van der Waals surface area (Å²) in [4.78, 5) is 12.5. The van der Waals surface area contributed by atoms with Crippen molar-refractivity contribution >= 4 is 5.97 Å². The molecule has 0 bridgehead atoms. The van der Waals surface area contributed by atoms with E-state index in [1.165, 1.54) is 24.7 Å². The molecule has 1 aliphatic heterocycles. The molecule has 4 rings (SSSR count). The van der Waals surface area contributed by atoms with E-state index in [0.29, 0.717) is 18.3 Å². The van der Waals surface area contributed by atoms with Crippen molar-refractivity contribution in [2.45, 2.75) is 63.9 Å². The Labute approximate surface area is 172 Å². The minimum Gasteiger partial charge on any atom is -0.494 e. The summed E-state index contributed by atoms with van der Waals surface area (Å²) >= 11 is 0. The van der Waals surface area contributed by atoms with Crippen molar-refractivity contribution < 1.29 is 18.7 Å². The summed E-state index contributed by atoms with van der Waals surface area (Å²) < 4.78 is 25.1. The Morgan fingerprint density at radius 3 is 2.45 bits per heavy atom. The van der Waals surface area contributed by atoms with Crippen molar-refractivity contribution in [1.82, 2.24) is 0 Å². The van der Waals surface area contributed by atoms with E-state index < -0.39 is 11.8 Å². The van der Waals surface area contributed by atoms with Gasteiger partial charge in [0.2, 0.25) is 0 Å². The van der Waals surface area contributed by atoms with Crippen molar-refractivity contribution in [2.75, 3.05) is 7.11 Å². The molecule has 0 aromatic heterocycles. The van der Waals surface area contributed by atoms with Crippen LogP contribution in [0.3, 0.4) is 0 Å². The van der Waals surface area contributed by atoms with E-state index in [0.717, 1.165) is 37.7 Å². The van der Waals surface area contributed by atoms with Crippen LogP contribution in [0.1, 0.15) is 72.0 Å². The SMILES string of the molecule is CCCc1ccc(C2CCC(C3Cc4ccc(OC)c(F)c4C(=O)O3)CC2)cc1. The summed E-state index contributed by atoms with van der Waals surface area (Å²) in [7, 11) is 1.40. The lowest BCUT2D eigenvalue weighted by Gasteiger charge is -2.36. The second-order valence-electron chi connectivity index (χ2n) is 8.37. The molecule has 2 aromatic carbocycles. The highest BCUT2D eigenvalue weighted by molar-refractivity contribution is 5.93. The third-order valence-electron chi connectivity index (χ3n) is 6.58. The third kappa shape index (κ3) is 4.03. The summed E-state index contributed by atoms with van der Waals surface area (Å²) in [5, 5.41) is 0. The van der Waals surface area contributed by atoms with Crippen molar-refractivity contribution in [2.24, 2.45) is 5.92 Å². The second kappa shape index (κ2) is 8.56. The number of rotatable bonds is 5. The van der Waals surface area contributed by atoms with Gasteiger partial charge in [0.25, 0.3) is 0 Å². The molecule has 2 aliphatic rings. The third-order valence-corrected chi connectivity index (χ3v) is 6.58. The van der Waals surface area contributed by atoms with Gasteiger partial charge < -0.3 is 9.47 Å². The largest absolute Gasteiger partial charge is 0.494 e. The first-order chi connectivity index (χ1) is 14.1. The molecule has 1 heterocycles. The quantitative estimate of drug-likeness (QED) is 0.596. The van der Waals surface area contributed by atoms with Gasteiger partial charge in [-0.05, 0) is 66.7 Å². The van der Waals surface area contributed by atoms with Crippen LogP contribution in [0, 0.1) is 11.7 Å². The van der Waals surface area contributed by atoms with Gasteiger partial charge in [0.15, 0.2) is 11.6 Å². The number of hydrogen-bond acceptors (Lipinski definition) is 3. The molecule has 1 atom stereocenters. The van der Waals surface area contributed by atoms with Gasteiger partial charge in [-0.15, -0.1) is 0 Å². The van der Waals surface area contributed by atoms with Crippen LogP contribution < -0.4 is 4.74 Å². The van der Waals surface area contributed by atoms with Gasteiger partial charge >= 0.3 is 5.97 Å². The molecule has 0 spiro atoms. The molecule has 1 aliphatic carbocycles. The molecule has 0 saturated heterocycles. The van der Waals surface area contributed by atoms with E-state index in [-0.39, 0.29) is 17.4 Å². The summed E-state index contributed by atoms with van der Waals surface area (Å²) in [5.41, 5.74) is 3.60. The number of ether oxygens (including phenoxy) is 2. The Bertz CT molecular complexity index is 866. The second-order valence-corrected chi connectivity index (χ2v) is 8.37. The van der Waals surface area contributed by atoms with Crippen molar-refractivity contribution in [3.63, 3.8) is 0 Å². The maximum atomic E-state index is 14.5. The zero-order valence-corrected chi connectivity index (χ0v) is 17.2. The Kier molecular flexibility index (Phi) is 5.89. The molecule has 1 saturated carbocycles. The fourth-order valence-corrected chi connectivity index (χ4v) is 4.93. The summed E-state index contributed by atoms with van der Waals surface area (Å²) in [6.45, 7) is 2.20. The molecular formula is C25H29FO3. The minimum atomic E-state index is -0.608. The summed E-state index contributed by atoms with van der Waals surface area (Å²) in [5.74, 6) is -0.155. The average molecular weight is 397 g/mol. The molecule has 0 amide bonds. The van der Waals surface area contributed by atoms with E-state index in [1.54, 1.807) is 12.1 Å². The fraction of sp³-hybridized carbons (Fsp3) is 0.480. The predicted molar refractivity (Wildman–Crippen MR) is 111 cm³/mol. The number of benzene rings is 2. The molecule has 2 aromatic rings. The lowest BCUT2D eigenvalue weighted by molar-refractivity contribution is 0.00105. The number of carbonyl (C=O) groups is 1. The van der Waals surface area contributed by atoms with Crippen LogP contribution in [0.4, 0.5) is 4.39 Å². The van der Waals surface area contributed by atoms with Crippen LogP contribution in [0.15, 0.2) is 36.4 Å². The molecule has 0 radical (unpaired) electrons. The number of hydrogen-bond donors (Lipinski definition) is 0. The number of carbonyl (C=O) groups excluding carboxylic acids is 1. The van der Waals surface area contributed by atoms with Gasteiger partial charge in [-0.3, -0.25) is 0 Å². The highest BCUT2D eigenvalue weighted by atomic mass is 19.1. The Morgan fingerprint density at radius 2 is 1.79 bits per heavy atom. The number of fused-ring (bicyclic) bond motifs is 1. The van der Waals surface area contributed by atoms with Gasteiger partial charge in [-0.2, -0.15) is 0 Å². The van der Waals surface area contributed by atoms with Crippen molar-refractivity contribution in [3.8, 4) is 5.75 Å². The monoisotopic (exact) mass is 396 g/mol. The normalized spacial score (nSPS) is 24.0. The molecule has 3 nitrogen and oxygen atoms in total. The number of methoxy groups -OCH3 is 1. The Hall–Kier alpha value is -2.36. The maximum absolute atomic E-state index is 14.5. The van der Waals surface area contributed by atoms with E-state index in [1.807, 2.05) is 0 Å². The van der Waals surface area contributed by atoms with Crippen LogP contribution >= 0.6 is 0 Å². The van der Waals surface area contributed by atoms with Crippen LogP contribution in [0.2, 0.25) is 0 Å². The van der Waals surface area contributed by atoms with Crippen LogP contribution in [0.5, 0.6) is 5.75 Å². The highest BCUT2D eigenvalue weighted by Gasteiger charge is 2.36. The number of cyclic esters (lactones) is 1. The lowest BCUT2D eigenvalue weighted by Crippen LogP contribution is -2.36. The standard InChI is InChI=1S/C25H29FO3/c1-3-4-16-5-7-17(8-6-16)18-9-11-19(12-10-18)22-15-20-13-14-21(28-2)24(26)23(20)25(27)29-22/h5-8,13-14,18-19,22H,3-4,9-12,15H2,1-2H3. The van der Waals surface area contributed by atoms with E-state index >= 15 is 0 Å². The molecule has 0 N–H and O–H groups in total. The molecule has 4 heteroatoms. The van der Waals surface area contributed by atoms with E-state index in [9.17, 15) is 9.18 Å². The topological polar surface area (TPSA) is 35.5 Å². The predicted octanol–water partition coefficient (Wildman–Crippen LogP) is 5.84. The first-order valence-corrected chi connectivity index (χ1v) is 10.8. The smallest absolute Gasteiger partial charge is 0.341 e. The first-order valence-electron chi connectivity index (χ1n) is 10.8. The zero-order valence-electron chi connectivity index (χ0n) is 17.2. The first kappa shape index (κ1) is 19.9. The van der Waals surface area contributed by atoms with E-state index in [4.69, 9.17) is 9.47 Å². The van der Waals surface area contributed by atoms with Gasteiger partial charge in [-0.1, -0.05) is 43.7 Å².